The number of hydrogen-bond donors (Lipinski definition) is 0. The van der Waals surface area contributed by atoms with E-state index in [1.807, 2.05) is 67.6 Å². The van der Waals surface area contributed by atoms with Gasteiger partial charge in [0.05, 0.1) is 36.6 Å². The normalized spacial score (nSPS) is 14.6. The number of hydrogen-bond acceptors (Lipinski definition) is 9. The lowest BCUT2D eigenvalue weighted by Gasteiger charge is -2.26. The summed E-state index contributed by atoms with van der Waals surface area (Å²) in [7, 11) is 4.66. The van der Waals surface area contributed by atoms with Crippen LogP contribution in [0.2, 0.25) is 0 Å². The molecule has 0 amide bonds. The second-order valence-corrected chi connectivity index (χ2v) is 11.1. The molecule has 0 saturated carbocycles. The molecular weight excluding hydrogens is 580 g/mol. The van der Waals surface area contributed by atoms with Gasteiger partial charge in [-0.25, -0.2) is 9.79 Å². The molecule has 44 heavy (non-hydrogen) atoms. The third-order valence-corrected chi connectivity index (χ3v) is 8.18. The van der Waals surface area contributed by atoms with Crippen LogP contribution in [0.4, 0.5) is 0 Å². The molecule has 0 radical (unpaired) electrons. The molecule has 10 heteroatoms. The lowest BCUT2D eigenvalue weighted by molar-refractivity contribution is -0.140. The number of allylic oxidation sites excluding steroid dienone is 1. The first-order chi connectivity index (χ1) is 21.3. The molecule has 5 rings (SSSR count). The lowest BCUT2D eigenvalue weighted by atomic mass is 9.95. The van der Waals surface area contributed by atoms with Gasteiger partial charge < -0.3 is 23.7 Å². The summed E-state index contributed by atoms with van der Waals surface area (Å²) in [5.74, 6) is 1.10. The van der Waals surface area contributed by atoms with Gasteiger partial charge in [-0.1, -0.05) is 65.4 Å². The molecule has 9 nitrogen and oxygen atoms in total. The van der Waals surface area contributed by atoms with E-state index in [0.717, 1.165) is 11.1 Å². The van der Waals surface area contributed by atoms with Gasteiger partial charge in [0.2, 0.25) is 0 Å². The summed E-state index contributed by atoms with van der Waals surface area (Å²) in [4.78, 5) is 32.5. The number of aromatic nitrogens is 1. The van der Waals surface area contributed by atoms with Crippen molar-refractivity contribution in [2.24, 2.45) is 4.99 Å². The van der Waals surface area contributed by atoms with Crippen molar-refractivity contribution in [2.75, 3.05) is 34.5 Å². The predicted octanol–water partition coefficient (Wildman–Crippen LogP) is 4.33. The Labute approximate surface area is 259 Å². The molecule has 1 aliphatic heterocycles. The first-order valence-corrected chi connectivity index (χ1v) is 14.8. The summed E-state index contributed by atoms with van der Waals surface area (Å²) in [6, 6.07) is 20.2. The van der Waals surface area contributed by atoms with E-state index in [0.29, 0.717) is 44.4 Å². The fourth-order valence-corrected chi connectivity index (χ4v) is 6.00. The largest absolute Gasteiger partial charge is 0.496 e. The van der Waals surface area contributed by atoms with Gasteiger partial charge in [-0.2, -0.15) is 0 Å². The third kappa shape index (κ3) is 6.46. The molecule has 1 atom stereocenters. The van der Waals surface area contributed by atoms with Crippen LogP contribution in [-0.4, -0.2) is 45.1 Å². The monoisotopic (exact) mass is 614 g/mol. The van der Waals surface area contributed by atoms with E-state index in [-0.39, 0.29) is 24.3 Å². The summed E-state index contributed by atoms with van der Waals surface area (Å²) in [5, 5.41) is 0. The molecule has 0 saturated heterocycles. The van der Waals surface area contributed by atoms with E-state index in [1.54, 1.807) is 33.3 Å². The minimum absolute atomic E-state index is 0.0712. The van der Waals surface area contributed by atoms with Crippen molar-refractivity contribution < 1.29 is 28.5 Å². The molecular formula is C34H34N2O7S. The standard InChI is InChI=1S/C34H34N2O7S/c1-21-10-12-23(13-11-21)20-43-27-15-14-24(18-28(27)41-5)19-29-32(37)36-31(25-8-6-7-9-26(25)40-4)30(22(2)35-34(36)44-29)33(38)42-17-16-39-3/h6-15,18-19,31H,16-17,20H2,1-5H3. The zero-order valence-electron chi connectivity index (χ0n) is 25.3. The second kappa shape index (κ2) is 13.7. The molecule has 228 valence electrons. The SMILES string of the molecule is COCCOC(=O)C1=C(C)N=c2sc(=Cc3ccc(OCc4ccc(C)cc4)c(OC)c3)c(=O)n2C1c1ccccc1OC. The van der Waals surface area contributed by atoms with Crippen LogP contribution in [0.3, 0.4) is 0 Å². The van der Waals surface area contributed by atoms with Crippen LogP contribution in [-0.2, 0) is 20.9 Å². The maximum Gasteiger partial charge on any atom is 0.338 e. The van der Waals surface area contributed by atoms with Crippen LogP contribution >= 0.6 is 11.3 Å². The summed E-state index contributed by atoms with van der Waals surface area (Å²) in [6.45, 7) is 4.50. The molecule has 1 unspecified atom stereocenters. The number of para-hydroxylation sites is 1. The number of thiazole rings is 1. The molecule has 0 spiro atoms. The van der Waals surface area contributed by atoms with Gasteiger partial charge in [0.1, 0.15) is 25.0 Å². The van der Waals surface area contributed by atoms with E-state index in [2.05, 4.69) is 4.99 Å². The number of carbonyl (C=O) groups excluding carboxylic acids is 1. The van der Waals surface area contributed by atoms with Gasteiger partial charge in [-0.3, -0.25) is 9.36 Å². The Morgan fingerprint density at radius 2 is 1.68 bits per heavy atom. The second-order valence-electron chi connectivity index (χ2n) is 10.1. The Bertz CT molecular complexity index is 1870. The Balaban J connectivity index is 1.54. The number of nitrogens with zero attached hydrogens (tertiary/aromatic N) is 2. The van der Waals surface area contributed by atoms with Crippen molar-refractivity contribution in [2.45, 2.75) is 26.5 Å². The first-order valence-electron chi connectivity index (χ1n) is 14.0. The van der Waals surface area contributed by atoms with Crippen molar-refractivity contribution in [1.82, 2.24) is 4.57 Å². The molecule has 3 aromatic carbocycles. The number of ether oxygens (including phenoxy) is 5. The predicted molar refractivity (Wildman–Crippen MR) is 168 cm³/mol. The zero-order chi connectivity index (χ0) is 31.2. The van der Waals surface area contributed by atoms with Crippen molar-refractivity contribution in [3.05, 3.63) is 120 Å². The Hall–Kier alpha value is -4.67. The van der Waals surface area contributed by atoms with Crippen molar-refractivity contribution in [3.63, 3.8) is 0 Å². The zero-order valence-corrected chi connectivity index (χ0v) is 26.1. The fourth-order valence-electron chi connectivity index (χ4n) is 4.95. The van der Waals surface area contributed by atoms with Crippen LogP contribution in [0.25, 0.3) is 6.08 Å². The maximum atomic E-state index is 14.0. The van der Waals surface area contributed by atoms with Crippen molar-refractivity contribution >= 4 is 23.4 Å². The quantitative estimate of drug-likeness (QED) is 0.183. The highest BCUT2D eigenvalue weighted by atomic mass is 32.1. The number of rotatable bonds is 11. The topological polar surface area (TPSA) is 97.6 Å². The van der Waals surface area contributed by atoms with Crippen LogP contribution in [0.5, 0.6) is 17.2 Å². The van der Waals surface area contributed by atoms with E-state index >= 15 is 0 Å². The average molecular weight is 615 g/mol. The minimum Gasteiger partial charge on any atom is -0.496 e. The molecule has 0 bridgehead atoms. The molecule has 0 aliphatic carbocycles. The first kappa shape index (κ1) is 30.8. The number of esters is 1. The summed E-state index contributed by atoms with van der Waals surface area (Å²) >= 11 is 1.24. The Morgan fingerprint density at radius 3 is 2.41 bits per heavy atom. The van der Waals surface area contributed by atoms with Gasteiger partial charge in [-0.05, 0) is 49.2 Å². The highest BCUT2D eigenvalue weighted by molar-refractivity contribution is 7.07. The van der Waals surface area contributed by atoms with Crippen LogP contribution < -0.4 is 29.1 Å². The Morgan fingerprint density at radius 1 is 0.932 bits per heavy atom. The number of fused-ring (bicyclic) bond motifs is 1. The van der Waals surface area contributed by atoms with Gasteiger partial charge >= 0.3 is 5.97 Å². The van der Waals surface area contributed by atoms with Crippen molar-refractivity contribution in [1.29, 1.82) is 0 Å². The smallest absolute Gasteiger partial charge is 0.338 e. The van der Waals surface area contributed by atoms with Crippen molar-refractivity contribution in [3.8, 4) is 17.2 Å². The molecule has 0 N–H and O–H groups in total. The number of aryl methyl sites for hydroxylation is 1. The van der Waals surface area contributed by atoms with Gasteiger partial charge in [0.15, 0.2) is 16.3 Å². The molecule has 2 heterocycles. The third-order valence-electron chi connectivity index (χ3n) is 7.20. The average Bonchev–Trinajstić information content (AvgIpc) is 3.34. The fraction of sp³-hybridized carbons (Fsp3) is 0.265. The molecule has 1 aliphatic rings. The lowest BCUT2D eigenvalue weighted by Crippen LogP contribution is -2.40. The highest BCUT2D eigenvalue weighted by Gasteiger charge is 2.35. The Kier molecular flexibility index (Phi) is 9.62. The van der Waals surface area contributed by atoms with E-state index in [1.165, 1.54) is 28.6 Å². The highest BCUT2D eigenvalue weighted by Crippen LogP contribution is 2.36. The van der Waals surface area contributed by atoms with Gasteiger partial charge in [0.25, 0.3) is 5.56 Å². The minimum atomic E-state index is -0.799. The van der Waals surface area contributed by atoms with E-state index < -0.39 is 12.0 Å². The number of carbonyl (C=O) groups is 1. The molecule has 4 aromatic rings. The molecule has 0 fully saturated rings. The van der Waals surface area contributed by atoms with Crippen LogP contribution in [0, 0.1) is 6.92 Å². The number of methoxy groups -OCH3 is 3. The summed E-state index contributed by atoms with van der Waals surface area (Å²) in [5.41, 5.74) is 4.06. The summed E-state index contributed by atoms with van der Waals surface area (Å²) in [6.07, 6.45) is 1.78. The summed E-state index contributed by atoms with van der Waals surface area (Å²) < 4.78 is 29.8. The van der Waals surface area contributed by atoms with Gasteiger partial charge in [-0.15, -0.1) is 0 Å². The maximum absolute atomic E-state index is 14.0. The van der Waals surface area contributed by atoms with Gasteiger partial charge in [0, 0.05) is 12.7 Å². The number of benzene rings is 3. The molecule has 1 aromatic heterocycles. The van der Waals surface area contributed by atoms with Crippen LogP contribution in [0.1, 0.15) is 35.2 Å². The van der Waals surface area contributed by atoms with Crippen LogP contribution in [0.15, 0.2) is 87.8 Å². The van der Waals surface area contributed by atoms with E-state index in [4.69, 9.17) is 23.7 Å². The van der Waals surface area contributed by atoms with E-state index in [9.17, 15) is 9.59 Å².